The maximum atomic E-state index is 13.0. The number of amides is 2. The van der Waals surface area contributed by atoms with Gasteiger partial charge in [-0.05, 0) is 49.2 Å². The van der Waals surface area contributed by atoms with Crippen LogP contribution in [0.15, 0.2) is 42.5 Å². The van der Waals surface area contributed by atoms with Crippen molar-refractivity contribution in [3.8, 4) is 11.5 Å². The summed E-state index contributed by atoms with van der Waals surface area (Å²) in [4.78, 5) is 35.7. The van der Waals surface area contributed by atoms with Crippen molar-refractivity contribution in [1.82, 2.24) is 0 Å². The summed E-state index contributed by atoms with van der Waals surface area (Å²) in [6.45, 7) is -0.580. The van der Waals surface area contributed by atoms with Gasteiger partial charge in [0.2, 0.25) is 5.91 Å². The third-order valence-corrected chi connectivity index (χ3v) is 4.36. The Kier molecular flexibility index (Phi) is 4.98. The number of nitrogens with one attached hydrogen (secondary N) is 2. The van der Waals surface area contributed by atoms with Gasteiger partial charge in [0, 0.05) is 23.4 Å². The number of hydrogen-bond acceptors (Lipinski definition) is 6. The second-order valence-electron chi connectivity index (χ2n) is 6.79. The quantitative estimate of drug-likeness (QED) is 0.699. The van der Waals surface area contributed by atoms with Crippen LogP contribution in [0.3, 0.4) is 0 Å². The molecule has 4 rings (SSSR count). The van der Waals surface area contributed by atoms with Crippen molar-refractivity contribution in [2.45, 2.75) is 19.1 Å². The van der Waals surface area contributed by atoms with Crippen molar-refractivity contribution in [3.05, 3.63) is 48.0 Å². The highest BCUT2D eigenvalue weighted by molar-refractivity contribution is 5.97. The monoisotopic (exact) mass is 418 g/mol. The lowest BCUT2D eigenvalue weighted by Crippen LogP contribution is -2.25. The molecule has 0 unspecified atom stereocenters. The summed E-state index contributed by atoms with van der Waals surface area (Å²) in [5.41, 5.74) is 0.943. The standard InChI is InChI=1S/C20H16F2N2O6/c21-20(22)29-15-8-7-14(9-16(15)30-20)23-17(25)10-28-19(27)12-3-5-13(6-4-12)24-18(26)11-1-2-11/h3-9,11H,1-2,10H2,(H,23,25)(H,24,26). The number of carbonyl (C=O) groups excluding carboxylic acids is 3. The third kappa shape index (κ3) is 4.65. The van der Waals surface area contributed by atoms with Gasteiger partial charge in [0.05, 0.1) is 5.56 Å². The van der Waals surface area contributed by atoms with E-state index < -0.39 is 24.8 Å². The van der Waals surface area contributed by atoms with E-state index in [0.717, 1.165) is 12.8 Å². The maximum absolute atomic E-state index is 13.0. The summed E-state index contributed by atoms with van der Waals surface area (Å²) < 4.78 is 39.5. The van der Waals surface area contributed by atoms with E-state index in [0.29, 0.717) is 5.69 Å². The molecule has 0 saturated heterocycles. The Balaban J connectivity index is 1.26. The Labute approximate surface area is 169 Å². The van der Waals surface area contributed by atoms with Crippen LogP contribution >= 0.6 is 0 Å². The molecular formula is C20H16F2N2O6. The van der Waals surface area contributed by atoms with Crippen molar-refractivity contribution in [3.63, 3.8) is 0 Å². The molecule has 2 aromatic carbocycles. The van der Waals surface area contributed by atoms with Crippen LogP contribution in [0.1, 0.15) is 23.2 Å². The normalized spacial score (nSPS) is 15.9. The molecule has 1 aliphatic heterocycles. The summed E-state index contributed by atoms with van der Waals surface area (Å²) in [7, 11) is 0. The molecule has 10 heteroatoms. The number of halogens is 2. The molecule has 156 valence electrons. The number of alkyl halides is 2. The molecular weight excluding hydrogens is 402 g/mol. The number of esters is 1. The van der Waals surface area contributed by atoms with Gasteiger partial charge >= 0.3 is 12.3 Å². The van der Waals surface area contributed by atoms with E-state index in [1.807, 2.05) is 0 Å². The SMILES string of the molecule is O=C(COC(=O)c1ccc(NC(=O)C2CC2)cc1)Nc1ccc2c(c1)OC(F)(F)O2. The van der Waals surface area contributed by atoms with Gasteiger partial charge in [0.1, 0.15) is 0 Å². The van der Waals surface area contributed by atoms with Gasteiger partial charge in [-0.25, -0.2) is 4.79 Å². The number of carbonyl (C=O) groups is 3. The molecule has 0 bridgehead atoms. The second-order valence-corrected chi connectivity index (χ2v) is 6.79. The van der Waals surface area contributed by atoms with Gasteiger partial charge in [0.15, 0.2) is 18.1 Å². The summed E-state index contributed by atoms with van der Waals surface area (Å²) in [5.74, 6) is -1.74. The molecule has 1 heterocycles. The lowest BCUT2D eigenvalue weighted by Gasteiger charge is -2.08. The van der Waals surface area contributed by atoms with Crippen LogP contribution in [-0.4, -0.2) is 30.7 Å². The Hall–Kier alpha value is -3.69. The molecule has 0 radical (unpaired) electrons. The number of ether oxygens (including phenoxy) is 3. The van der Waals surface area contributed by atoms with Gasteiger partial charge < -0.3 is 24.8 Å². The van der Waals surface area contributed by atoms with E-state index in [4.69, 9.17) is 4.74 Å². The zero-order chi connectivity index (χ0) is 21.3. The highest BCUT2D eigenvalue weighted by atomic mass is 19.3. The molecule has 0 spiro atoms. The smallest absolute Gasteiger partial charge is 0.452 e. The highest BCUT2D eigenvalue weighted by Crippen LogP contribution is 2.42. The molecule has 0 atom stereocenters. The van der Waals surface area contributed by atoms with Crippen LogP contribution < -0.4 is 20.1 Å². The van der Waals surface area contributed by atoms with Crippen LogP contribution in [0.2, 0.25) is 0 Å². The van der Waals surface area contributed by atoms with Crippen molar-refractivity contribution >= 4 is 29.2 Å². The van der Waals surface area contributed by atoms with Crippen molar-refractivity contribution in [1.29, 1.82) is 0 Å². The first-order valence-corrected chi connectivity index (χ1v) is 9.07. The average molecular weight is 418 g/mol. The Morgan fingerprint density at radius 2 is 1.63 bits per heavy atom. The van der Waals surface area contributed by atoms with Crippen molar-refractivity contribution in [2.75, 3.05) is 17.2 Å². The van der Waals surface area contributed by atoms with Crippen LogP contribution in [0, 0.1) is 5.92 Å². The number of fused-ring (bicyclic) bond motifs is 1. The predicted octanol–water partition coefficient (Wildman–Crippen LogP) is 3.15. The van der Waals surface area contributed by atoms with Crippen LogP contribution in [0.5, 0.6) is 11.5 Å². The molecule has 2 amide bonds. The minimum Gasteiger partial charge on any atom is -0.452 e. The van der Waals surface area contributed by atoms with Gasteiger partial charge in [-0.1, -0.05) is 0 Å². The fraction of sp³-hybridized carbons (Fsp3) is 0.250. The minimum atomic E-state index is -3.75. The minimum absolute atomic E-state index is 0.0470. The molecule has 1 saturated carbocycles. The van der Waals surface area contributed by atoms with Gasteiger partial charge in [-0.2, -0.15) is 0 Å². The Morgan fingerprint density at radius 1 is 0.967 bits per heavy atom. The zero-order valence-electron chi connectivity index (χ0n) is 15.4. The maximum Gasteiger partial charge on any atom is 0.586 e. The van der Waals surface area contributed by atoms with Gasteiger partial charge in [-0.15, -0.1) is 8.78 Å². The number of benzene rings is 2. The van der Waals surface area contributed by atoms with Gasteiger partial charge in [-0.3, -0.25) is 9.59 Å². The van der Waals surface area contributed by atoms with E-state index in [1.54, 1.807) is 12.1 Å². The third-order valence-electron chi connectivity index (χ3n) is 4.36. The largest absolute Gasteiger partial charge is 0.586 e. The first-order chi connectivity index (χ1) is 14.3. The average Bonchev–Trinajstić information content (AvgIpc) is 3.49. The summed E-state index contributed by atoms with van der Waals surface area (Å²) in [6, 6.07) is 9.82. The summed E-state index contributed by atoms with van der Waals surface area (Å²) >= 11 is 0. The second kappa shape index (κ2) is 7.62. The van der Waals surface area contributed by atoms with E-state index in [1.165, 1.54) is 30.3 Å². The molecule has 0 aromatic heterocycles. The number of anilines is 2. The molecule has 1 fully saturated rings. The van der Waals surface area contributed by atoms with E-state index >= 15 is 0 Å². The van der Waals surface area contributed by atoms with Gasteiger partial charge in [0.25, 0.3) is 5.91 Å². The molecule has 1 aliphatic carbocycles. The first-order valence-electron chi connectivity index (χ1n) is 9.07. The first kappa shape index (κ1) is 19.6. The molecule has 2 N–H and O–H groups in total. The fourth-order valence-corrected chi connectivity index (χ4v) is 2.72. The highest BCUT2D eigenvalue weighted by Gasteiger charge is 2.43. The zero-order valence-corrected chi connectivity index (χ0v) is 15.4. The summed E-state index contributed by atoms with van der Waals surface area (Å²) in [5, 5.41) is 5.16. The summed E-state index contributed by atoms with van der Waals surface area (Å²) in [6.07, 6.45) is -1.98. The van der Waals surface area contributed by atoms with E-state index in [9.17, 15) is 23.2 Å². The molecule has 30 heavy (non-hydrogen) atoms. The number of rotatable bonds is 6. The topological polar surface area (TPSA) is 103 Å². The van der Waals surface area contributed by atoms with Crippen LogP contribution in [0.25, 0.3) is 0 Å². The van der Waals surface area contributed by atoms with Crippen LogP contribution in [0.4, 0.5) is 20.2 Å². The Bertz CT molecular complexity index is 1000. The molecule has 8 nitrogen and oxygen atoms in total. The lowest BCUT2D eigenvalue weighted by atomic mass is 10.2. The molecule has 2 aliphatic rings. The van der Waals surface area contributed by atoms with E-state index in [-0.39, 0.29) is 34.6 Å². The molecule has 2 aromatic rings. The number of hydrogen-bond donors (Lipinski definition) is 2. The fourth-order valence-electron chi connectivity index (χ4n) is 2.72. The lowest BCUT2D eigenvalue weighted by molar-refractivity contribution is -0.286. The van der Waals surface area contributed by atoms with E-state index in [2.05, 4.69) is 20.1 Å². The Morgan fingerprint density at radius 3 is 2.33 bits per heavy atom. The van der Waals surface area contributed by atoms with Crippen LogP contribution in [-0.2, 0) is 14.3 Å². The predicted molar refractivity (Wildman–Crippen MR) is 99.4 cm³/mol. The van der Waals surface area contributed by atoms with Crippen molar-refractivity contribution < 1.29 is 37.4 Å². The van der Waals surface area contributed by atoms with Crippen molar-refractivity contribution in [2.24, 2.45) is 5.92 Å².